The lowest BCUT2D eigenvalue weighted by Gasteiger charge is -2.36. The third-order valence-corrected chi connectivity index (χ3v) is 5.21. The third kappa shape index (κ3) is 4.04. The molecule has 27 heavy (non-hydrogen) atoms. The summed E-state index contributed by atoms with van der Waals surface area (Å²) in [5, 5.41) is 2.39. The number of aromatic amines is 1. The summed E-state index contributed by atoms with van der Waals surface area (Å²) in [5.41, 5.74) is 7.23. The molecule has 0 radical (unpaired) electrons. The van der Waals surface area contributed by atoms with Crippen LogP contribution >= 0.6 is 0 Å². The minimum atomic E-state index is 0.416. The maximum Gasteiger partial charge on any atom is 0.137 e. The molecule has 2 heterocycles. The summed E-state index contributed by atoms with van der Waals surface area (Å²) in [5.74, 6) is 1.77. The van der Waals surface area contributed by atoms with Crippen molar-refractivity contribution in [1.29, 1.82) is 0 Å². The van der Waals surface area contributed by atoms with Gasteiger partial charge in [-0.1, -0.05) is 36.8 Å². The Bertz CT molecular complexity index is 848. The molecule has 3 aromatic rings. The Morgan fingerprint density at radius 3 is 2.85 bits per heavy atom. The lowest BCUT2D eigenvalue weighted by molar-refractivity contribution is 0.0822. The van der Waals surface area contributed by atoms with Crippen LogP contribution in [0.3, 0.4) is 0 Å². The molecule has 0 aliphatic carbocycles. The zero-order valence-electron chi connectivity index (χ0n) is 15.7. The van der Waals surface area contributed by atoms with Gasteiger partial charge < -0.3 is 9.72 Å². The van der Waals surface area contributed by atoms with Gasteiger partial charge in [0.25, 0.3) is 0 Å². The predicted molar refractivity (Wildman–Crippen MR) is 107 cm³/mol. The van der Waals surface area contributed by atoms with Gasteiger partial charge in [0.05, 0.1) is 7.11 Å². The standard InChI is InChI=1S/C22H26N4O/c1-27-21-11-10-18(22-23-12-13-24-22)15-19(21)16-25-26-14-6-5-9-20(26)17-7-3-2-4-8-17/h2-4,7-8,10-13,15,20,25H,5-6,9,14,16H2,1H3,(H,23,24). The van der Waals surface area contributed by atoms with Crippen molar-refractivity contribution in [1.82, 2.24) is 20.4 Å². The Balaban J connectivity index is 1.52. The van der Waals surface area contributed by atoms with Crippen LogP contribution < -0.4 is 10.2 Å². The van der Waals surface area contributed by atoms with Crippen LogP contribution in [-0.4, -0.2) is 28.6 Å². The van der Waals surface area contributed by atoms with Crippen LogP contribution in [0.5, 0.6) is 5.75 Å². The van der Waals surface area contributed by atoms with Crippen LogP contribution in [0.25, 0.3) is 11.4 Å². The highest BCUT2D eigenvalue weighted by Crippen LogP contribution is 2.30. The van der Waals surface area contributed by atoms with Crippen molar-refractivity contribution >= 4 is 0 Å². The smallest absolute Gasteiger partial charge is 0.137 e. The molecule has 2 N–H and O–H groups in total. The number of ether oxygens (including phenoxy) is 1. The SMILES string of the molecule is COc1ccc(-c2ncc[nH]2)cc1CNN1CCCCC1c1ccccc1. The van der Waals surface area contributed by atoms with Crippen molar-refractivity contribution in [3.63, 3.8) is 0 Å². The number of H-pyrrole nitrogens is 1. The van der Waals surface area contributed by atoms with Crippen molar-refractivity contribution in [2.75, 3.05) is 13.7 Å². The van der Waals surface area contributed by atoms with Crippen molar-refractivity contribution < 1.29 is 4.74 Å². The number of piperidine rings is 1. The Morgan fingerprint density at radius 2 is 2.07 bits per heavy atom. The van der Waals surface area contributed by atoms with Crippen molar-refractivity contribution in [2.24, 2.45) is 0 Å². The van der Waals surface area contributed by atoms with Gasteiger partial charge in [0.1, 0.15) is 11.6 Å². The van der Waals surface area contributed by atoms with E-state index < -0.39 is 0 Å². The van der Waals surface area contributed by atoms with Crippen molar-refractivity contribution in [2.45, 2.75) is 31.8 Å². The molecule has 0 spiro atoms. The molecule has 1 unspecified atom stereocenters. The molecule has 1 aliphatic rings. The molecular weight excluding hydrogens is 336 g/mol. The number of rotatable bonds is 6. The molecule has 1 aliphatic heterocycles. The van der Waals surface area contributed by atoms with Crippen LogP contribution in [0.2, 0.25) is 0 Å². The highest BCUT2D eigenvalue weighted by Gasteiger charge is 2.23. The van der Waals surface area contributed by atoms with Gasteiger partial charge in [-0.25, -0.2) is 9.99 Å². The maximum atomic E-state index is 5.58. The Morgan fingerprint density at radius 1 is 1.19 bits per heavy atom. The Kier molecular flexibility index (Phi) is 5.51. The van der Waals surface area contributed by atoms with Gasteiger partial charge in [0.15, 0.2) is 0 Å². The van der Waals surface area contributed by atoms with Crippen LogP contribution in [0, 0.1) is 0 Å². The van der Waals surface area contributed by atoms with Crippen LogP contribution in [0.15, 0.2) is 60.9 Å². The fourth-order valence-electron chi connectivity index (χ4n) is 3.82. The fraction of sp³-hybridized carbons (Fsp3) is 0.318. The number of hydrogen-bond acceptors (Lipinski definition) is 4. The predicted octanol–water partition coefficient (Wildman–Crippen LogP) is 4.32. The number of benzene rings is 2. The molecule has 1 saturated heterocycles. The van der Waals surface area contributed by atoms with Gasteiger partial charge in [-0.15, -0.1) is 0 Å². The summed E-state index contributed by atoms with van der Waals surface area (Å²) >= 11 is 0. The Hall–Kier alpha value is -2.63. The summed E-state index contributed by atoms with van der Waals surface area (Å²) in [7, 11) is 1.72. The first-order chi connectivity index (χ1) is 13.3. The number of nitrogens with zero attached hydrogens (tertiary/aromatic N) is 2. The molecule has 0 saturated carbocycles. The van der Waals surface area contributed by atoms with E-state index in [1.807, 2.05) is 18.3 Å². The zero-order chi connectivity index (χ0) is 18.5. The lowest BCUT2D eigenvalue weighted by atomic mass is 9.97. The lowest BCUT2D eigenvalue weighted by Crippen LogP contribution is -2.43. The largest absolute Gasteiger partial charge is 0.496 e. The Labute approximate surface area is 160 Å². The van der Waals surface area contributed by atoms with E-state index in [9.17, 15) is 0 Å². The molecule has 4 rings (SSSR count). The van der Waals surface area contributed by atoms with E-state index in [1.165, 1.54) is 24.8 Å². The molecular formula is C22H26N4O. The van der Waals surface area contributed by atoms with E-state index in [-0.39, 0.29) is 0 Å². The summed E-state index contributed by atoms with van der Waals surface area (Å²) in [4.78, 5) is 7.53. The average Bonchev–Trinajstić information content (AvgIpc) is 3.28. The molecule has 1 aromatic heterocycles. The number of imidazole rings is 1. The maximum absolute atomic E-state index is 5.58. The third-order valence-electron chi connectivity index (χ3n) is 5.21. The first kappa shape index (κ1) is 17.8. The van der Waals surface area contributed by atoms with E-state index in [2.05, 4.69) is 56.8 Å². The van der Waals surface area contributed by atoms with Gasteiger partial charge in [-0.2, -0.15) is 0 Å². The van der Waals surface area contributed by atoms with Crippen molar-refractivity contribution in [3.05, 3.63) is 72.1 Å². The van der Waals surface area contributed by atoms with Crippen LogP contribution in [0.4, 0.5) is 0 Å². The number of nitrogens with one attached hydrogen (secondary N) is 2. The minimum absolute atomic E-state index is 0.416. The molecule has 5 heteroatoms. The first-order valence-electron chi connectivity index (χ1n) is 9.57. The van der Waals surface area contributed by atoms with Crippen molar-refractivity contribution in [3.8, 4) is 17.1 Å². The second-order valence-corrected chi connectivity index (χ2v) is 6.91. The highest BCUT2D eigenvalue weighted by atomic mass is 16.5. The van der Waals surface area contributed by atoms with E-state index >= 15 is 0 Å². The van der Waals surface area contributed by atoms with Gasteiger partial charge in [-0.05, 0) is 36.6 Å². The first-order valence-corrected chi connectivity index (χ1v) is 9.57. The average molecular weight is 362 g/mol. The normalized spacial score (nSPS) is 17.7. The van der Waals surface area contributed by atoms with E-state index in [0.717, 1.165) is 35.8 Å². The molecule has 2 aromatic carbocycles. The van der Waals surface area contributed by atoms with E-state index in [0.29, 0.717) is 6.04 Å². The summed E-state index contributed by atoms with van der Waals surface area (Å²) in [6.07, 6.45) is 7.29. The molecule has 0 amide bonds. The van der Waals surface area contributed by atoms with E-state index in [4.69, 9.17) is 4.74 Å². The molecule has 1 fully saturated rings. The zero-order valence-corrected chi connectivity index (χ0v) is 15.7. The second-order valence-electron chi connectivity index (χ2n) is 6.91. The summed E-state index contributed by atoms with van der Waals surface area (Å²) in [6, 6.07) is 17.4. The number of aromatic nitrogens is 2. The van der Waals surface area contributed by atoms with Gasteiger partial charge in [0.2, 0.25) is 0 Å². The summed E-state index contributed by atoms with van der Waals surface area (Å²) < 4.78 is 5.58. The second kappa shape index (κ2) is 8.37. The van der Waals surface area contributed by atoms with Gasteiger partial charge in [0, 0.05) is 42.7 Å². The van der Waals surface area contributed by atoms with Crippen LogP contribution in [0.1, 0.15) is 36.4 Å². The van der Waals surface area contributed by atoms with Gasteiger partial charge >= 0.3 is 0 Å². The molecule has 5 nitrogen and oxygen atoms in total. The molecule has 1 atom stereocenters. The summed E-state index contributed by atoms with van der Waals surface area (Å²) in [6.45, 7) is 1.78. The monoisotopic (exact) mass is 362 g/mol. The minimum Gasteiger partial charge on any atom is -0.496 e. The van der Waals surface area contributed by atoms with E-state index in [1.54, 1.807) is 13.3 Å². The molecule has 140 valence electrons. The number of hydrazine groups is 1. The topological polar surface area (TPSA) is 53.2 Å². The highest BCUT2D eigenvalue weighted by molar-refractivity contribution is 5.58. The van der Waals surface area contributed by atoms with Crippen LogP contribution in [-0.2, 0) is 6.54 Å². The van der Waals surface area contributed by atoms with Gasteiger partial charge in [-0.3, -0.25) is 5.43 Å². The number of methoxy groups -OCH3 is 1. The number of hydrogen-bond donors (Lipinski definition) is 2. The molecule has 0 bridgehead atoms. The quantitative estimate of drug-likeness (QED) is 0.686. The fourth-order valence-corrected chi connectivity index (χ4v) is 3.82.